The first kappa shape index (κ1) is 23.4. The number of aliphatic hydroxyl groups excluding tert-OH is 1. The predicted octanol–water partition coefficient (Wildman–Crippen LogP) is 1.48. The molecule has 4 fully saturated rings. The van der Waals surface area contributed by atoms with Crippen LogP contribution in [0.2, 0.25) is 0 Å². The molecule has 0 aromatic carbocycles. The average molecular weight is 459 g/mol. The Labute approximate surface area is 186 Å². The van der Waals surface area contributed by atoms with Crippen molar-refractivity contribution in [3.8, 4) is 0 Å². The summed E-state index contributed by atoms with van der Waals surface area (Å²) < 4.78 is 37.5. The summed E-state index contributed by atoms with van der Waals surface area (Å²) in [6.07, 6.45) is 5.92. The van der Waals surface area contributed by atoms with E-state index in [-0.39, 0.29) is 41.2 Å². The summed E-state index contributed by atoms with van der Waals surface area (Å²) in [5, 5.41) is 10.9. The number of rotatable bonds is 5. The van der Waals surface area contributed by atoms with Crippen LogP contribution in [-0.2, 0) is 24.3 Å². The number of nitrogens with one attached hydrogen (secondary N) is 1. The Morgan fingerprint density at radius 2 is 1.87 bits per heavy atom. The molecule has 178 valence electrons. The van der Waals surface area contributed by atoms with E-state index in [9.17, 15) is 18.3 Å². The maximum atomic E-state index is 12.9. The molecule has 0 aromatic rings. The monoisotopic (exact) mass is 458 g/mol. The van der Waals surface area contributed by atoms with Gasteiger partial charge in [-0.1, -0.05) is 13.8 Å². The summed E-state index contributed by atoms with van der Waals surface area (Å²) in [6, 6.07) is 0. The number of hydrogen-bond acceptors (Lipinski definition) is 6. The van der Waals surface area contributed by atoms with Gasteiger partial charge in [-0.2, -0.15) is 0 Å². The van der Waals surface area contributed by atoms with Crippen molar-refractivity contribution in [2.24, 2.45) is 22.7 Å². The molecular formula is C22H38N2O6S. The van der Waals surface area contributed by atoms with Gasteiger partial charge in [0.25, 0.3) is 0 Å². The maximum absolute atomic E-state index is 12.9. The molecule has 2 saturated heterocycles. The molecule has 0 aromatic heterocycles. The molecule has 2 N–H and O–H groups in total. The summed E-state index contributed by atoms with van der Waals surface area (Å²) in [5.74, 6) is 0.405. The lowest BCUT2D eigenvalue weighted by Gasteiger charge is -2.63. The van der Waals surface area contributed by atoms with Gasteiger partial charge in [-0.15, -0.1) is 0 Å². The van der Waals surface area contributed by atoms with E-state index in [4.69, 9.17) is 9.47 Å². The number of hydrogen-bond donors (Lipinski definition) is 2. The summed E-state index contributed by atoms with van der Waals surface area (Å²) in [7, 11) is -3.30. The normalized spacial score (nSPS) is 43.4. The number of fused-ring (bicyclic) bond motifs is 3. The van der Waals surface area contributed by atoms with Crippen LogP contribution in [0.4, 0.5) is 0 Å². The van der Waals surface area contributed by atoms with Crippen molar-refractivity contribution in [2.45, 2.75) is 77.3 Å². The Bertz CT molecular complexity index is 785. The second kappa shape index (κ2) is 8.56. The molecule has 2 saturated carbocycles. The molecule has 31 heavy (non-hydrogen) atoms. The van der Waals surface area contributed by atoms with Crippen molar-refractivity contribution >= 4 is 15.9 Å². The number of sulfonamides is 1. The molecule has 2 aliphatic heterocycles. The van der Waals surface area contributed by atoms with Crippen LogP contribution in [0.5, 0.6) is 0 Å². The van der Waals surface area contributed by atoms with E-state index < -0.39 is 22.4 Å². The highest BCUT2D eigenvalue weighted by Gasteiger charge is 2.61. The lowest BCUT2D eigenvalue weighted by molar-refractivity contribution is -0.306. The summed E-state index contributed by atoms with van der Waals surface area (Å²) in [6.45, 7) is 6.74. The van der Waals surface area contributed by atoms with Gasteiger partial charge in [-0.05, 0) is 55.8 Å². The van der Waals surface area contributed by atoms with E-state index >= 15 is 0 Å². The molecule has 7 unspecified atom stereocenters. The first-order valence-corrected chi connectivity index (χ1v) is 13.6. The first-order chi connectivity index (χ1) is 14.5. The second-order valence-corrected chi connectivity index (χ2v) is 12.5. The summed E-state index contributed by atoms with van der Waals surface area (Å²) in [5.41, 5.74) is -0.369. The molecule has 1 amide bonds. The van der Waals surface area contributed by atoms with E-state index in [0.717, 1.165) is 51.4 Å². The van der Waals surface area contributed by atoms with E-state index in [1.807, 2.05) is 4.90 Å². The number of aliphatic hydroxyl groups is 1. The molecule has 2 heterocycles. The molecule has 0 bridgehead atoms. The van der Waals surface area contributed by atoms with Crippen LogP contribution in [0.25, 0.3) is 0 Å². The van der Waals surface area contributed by atoms with Gasteiger partial charge in [-0.3, -0.25) is 4.79 Å². The Kier molecular flexibility index (Phi) is 6.46. The van der Waals surface area contributed by atoms with Crippen LogP contribution >= 0.6 is 0 Å². The van der Waals surface area contributed by atoms with Crippen LogP contribution in [0, 0.1) is 22.7 Å². The molecule has 4 rings (SSSR count). The Hall–Kier alpha value is -0.740. The lowest BCUT2D eigenvalue weighted by Crippen LogP contribution is -2.63. The third-order valence-electron chi connectivity index (χ3n) is 8.60. The maximum Gasteiger partial charge on any atom is 0.222 e. The van der Waals surface area contributed by atoms with Crippen molar-refractivity contribution < 1.29 is 27.8 Å². The Morgan fingerprint density at radius 3 is 2.55 bits per heavy atom. The van der Waals surface area contributed by atoms with Crippen molar-refractivity contribution in [3.63, 3.8) is 0 Å². The summed E-state index contributed by atoms with van der Waals surface area (Å²) >= 11 is 0. The van der Waals surface area contributed by atoms with Crippen LogP contribution in [0.15, 0.2) is 0 Å². The van der Waals surface area contributed by atoms with Crippen molar-refractivity contribution in [2.75, 3.05) is 32.5 Å². The van der Waals surface area contributed by atoms with Crippen molar-refractivity contribution in [3.05, 3.63) is 0 Å². The SMILES string of the molecule is CC12COC(CNS(C)(=O)=O)OC1CCC1(C)C(CC(=O)N3CCCC3)C(O)CCC21. The Morgan fingerprint density at radius 1 is 1.16 bits per heavy atom. The second-order valence-electron chi connectivity index (χ2n) is 10.6. The number of carbonyl (C=O) groups is 1. The smallest absolute Gasteiger partial charge is 0.222 e. The van der Waals surface area contributed by atoms with Gasteiger partial charge in [0.1, 0.15) is 0 Å². The zero-order valence-corrected chi connectivity index (χ0v) is 19.8. The molecule has 9 heteroatoms. The number of ether oxygens (including phenoxy) is 2. The highest BCUT2D eigenvalue weighted by Crippen LogP contribution is 2.62. The molecule has 7 atom stereocenters. The van der Waals surface area contributed by atoms with Crippen molar-refractivity contribution in [1.29, 1.82) is 0 Å². The van der Waals surface area contributed by atoms with Gasteiger partial charge in [0.2, 0.25) is 15.9 Å². The van der Waals surface area contributed by atoms with Crippen LogP contribution in [-0.4, -0.2) is 75.3 Å². The third-order valence-corrected chi connectivity index (χ3v) is 9.29. The number of carbonyl (C=O) groups excluding carboxylic acids is 1. The highest BCUT2D eigenvalue weighted by molar-refractivity contribution is 7.88. The van der Waals surface area contributed by atoms with E-state index in [1.54, 1.807) is 0 Å². The lowest BCUT2D eigenvalue weighted by atomic mass is 9.46. The molecule has 0 radical (unpaired) electrons. The predicted molar refractivity (Wildman–Crippen MR) is 116 cm³/mol. The zero-order chi connectivity index (χ0) is 22.4. The van der Waals surface area contributed by atoms with Crippen LogP contribution in [0.3, 0.4) is 0 Å². The number of nitrogens with zero attached hydrogens (tertiary/aromatic N) is 1. The standard InChI is InChI=1S/C22H38N2O6S/c1-21-9-8-18-22(2,14-29-20(30-18)13-23-31(3,27)28)17(21)7-6-16(25)15(21)12-19(26)24-10-4-5-11-24/h15-18,20,23,25H,4-14H2,1-3H3. The molecule has 0 spiro atoms. The average Bonchev–Trinajstić information content (AvgIpc) is 3.23. The fourth-order valence-corrected chi connectivity index (χ4v) is 7.34. The number of amides is 1. The van der Waals surface area contributed by atoms with Gasteiger partial charge in [-0.25, -0.2) is 13.1 Å². The molecule has 4 aliphatic rings. The van der Waals surface area contributed by atoms with Gasteiger partial charge in [0, 0.05) is 24.9 Å². The van der Waals surface area contributed by atoms with Crippen LogP contribution in [0.1, 0.15) is 58.8 Å². The number of likely N-dealkylation sites (tertiary alicyclic amines) is 1. The van der Waals surface area contributed by atoms with Gasteiger partial charge >= 0.3 is 0 Å². The fourth-order valence-electron chi connectivity index (χ4n) is 6.90. The van der Waals surface area contributed by atoms with Crippen molar-refractivity contribution in [1.82, 2.24) is 9.62 Å². The molecular weight excluding hydrogens is 420 g/mol. The van der Waals surface area contributed by atoms with Crippen LogP contribution < -0.4 is 4.72 Å². The topological polar surface area (TPSA) is 105 Å². The van der Waals surface area contributed by atoms with Gasteiger partial charge in [0.05, 0.1) is 31.6 Å². The van der Waals surface area contributed by atoms with Gasteiger partial charge < -0.3 is 19.5 Å². The third kappa shape index (κ3) is 4.53. The van der Waals surface area contributed by atoms with Gasteiger partial charge in [0.15, 0.2) is 6.29 Å². The Balaban J connectivity index is 1.48. The van der Waals surface area contributed by atoms with E-state index in [1.165, 1.54) is 0 Å². The largest absolute Gasteiger partial charge is 0.393 e. The first-order valence-electron chi connectivity index (χ1n) is 11.7. The minimum Gasteiger partial charge on any atom is -0.393 e. The zero-order valence-electron chi connectivity index (χ0n) is 19.0. The minimum absolute atomic E-state index is 0.0177. The summed E-state index contributed by atoms with van der Waals surface area (Å²) in [4.78, 5) is 14.9. The van der Waals surface area contributed by atoms with E-state index in [0.29, 0.717) is 19.4 Å². The fraction of sp³-hybridized carbons (Fsp3) is 0.955. The minimum atomic E-state index is -3.30. The quantitative estimate of drug-likeness (QED) is 0.647. The molecule has 8 nitrogen and oxygen atoms in total. The molecule has 2 aliphatic carbocycles. The van der Waals surface area contributed by atoms with E-state index in [2.05, 4.69) is 18.6 Å². The highest BCUT2D eigenvalue weighted by atomic mass is 32.2.